The number of benzene rings is 2. The highest BCUT2D eigenvalue weighted by Crippen LogP contribution is 2.15. The summed E-state index contributed by atoms with van der Waals surface area (Å²) in [5.74, 6) is 0.936. The van der Waals surface area contributed by atoms with Crippen LogP contribution in [0.5, 0.6) is 5.75 Å². The van der Waals surface area contributed by atoms with E-state index in [1.54, 1.807) is 0 Å². The second-order valence-electron chi connectivity index (χ2n) is 5.45. The van der Waals surface area contributed by atoms with Crippen molar-refractivity contribution in [1.82, 2.24) is 5.32 Å². The molecule has 0 fully saturated rings. The van der Waals surface area contributed by atoms with Gasteiger partial charge in [0.2, 0.25) is 5.91 Å². The lowest BCUT2D eigenvalue weighted by molar-refractivity contribution is -0.121. The first-order chi connectivity index (χ1) is 10.6. The van der Waals surface area contributed by atoms with E-state index in [-0.39, 0.29) is 5.91 Å². The Labute approximate surface area is 132 Å². The van der Waals surface area contributed by atoms with Crippen molar-refractivity contribution < 1.29 is 9.53 Å². The van der Waals surface area contributed by atoms with Crippen LogP contribution in [0.4, 0.5) is 0 Å². The Balaban J connectivity index is 1.64. The van der Waals surface area contributed by atoms with Gasteiger partial charge in [0.15, 0.2) is 0 Å². The molecule has 3 nitrogen and oxygen atoms in total. The fourth-order valence-electron chi connectivity index (χ4n) is 2.17. The molecule has 0 heterocycles. The van der Waals surface area contributed by atoms with Crippen LogP contribution in [0.3, 0.4) is 0 Å². The molecule has 0 saturated heterocycles. The van der Waals surface area contributed by atoms with Gasteiger partial charge in [-0.1, -0.05) is 48.0 Å². The molecule has 0 saturated carbocycles. The summed E-state index contributed by atoms with van der Waals surface area (Å²) in [6, 6.07) is 16.2. The molecule has 0 aromatic heterocycles. The zero-order valence-corrected chi connectivity index (χ0v) is 13.3. The molecule has 116 valence electrons. The fourth-order valence-corrected chi connectivity index (χ4v) is 2.17. The van der Waals surface area contributed by atoms with Gasteiger partial charge in [0.25, 0.3) is 0 Å². The van der Waals surface area contributed by atoms with E-state index in [2.05, 4.69) is 36.5 Å². The second-order valence-corrected chi connectivity index (χ2v) is 5.45. The third-order valence-corrected chi connectivity index (χ3v) is 3.54. The van der Waals surface area contributed by atoms with Crippen LogP contribution in [-0.4, -0.2) is 19.1 Å². The van der Waals surface area contributed by atoms with Gasteiger partial charge in [0.05, 0.1) is 6.54 Å². The minimum absolute atomic E-state index is 0.0639. The summed E-state index contributed by atoms with van der Waals surface area (Å²) in [7, 11) is 0. The highest BCUT2D eigenvalue weighted by molar-refractivity contribution is 5.76. The Hall–Kier alpha value is -2.29. The molecule has 0 spiro atoms. The van der Waals surface area contributed by atoms with Gasteiger partial charge in [0, 0.05) is 6.42 Å². The van der Waals surface area contributed by atoms with Crippen molar-refractivity contribution in [2.75, 3.05) is 13.2 Å². The molecule has 2 aromatic rings. The number of hydrogen-bond donors (Lipinski definition) is 1. The van der Waals surface area contributed by atoms with Crippen LogP contribution in [-0.2, 0) is 11.2 Å². The zero-order chi connectivity index (χ0) is 15.8. The van der Waals surface area contributed by atoms with Crippen LogP contribution in [0.1, 0.15) is 23.1 Å². The number of para-hydroxylation sites is 1. The quantitative estimate of drug-likeness (QED) is 0.795. The number of hydrogen-bond acceptors (Lipinski definition) is 2. The normalized spacial score (nSPS) is 10.3. The van der Waals surface area contributed by atoms with Crippen molar-refractivity contribution in [2.24, 2.45) is 0 Å². The van der Waals surface area contributed by atoms with Gasteiger partial charge in [-0.15, -0.1) is 0 Å². The Kier molecular flexibility index (Phi) is 6.01. The average Bonchev–Trinajstić information content (AvgIpc) is 2.52. The van der Waals surface area contributed by atoms with Crippen LogP contribution < -0.4 is 10.1 Å². The predicted octanol–water partition coefficient (Wildman–Crippen LogP) is 3.43. The number of amides is 1. The zero-order valence-electron chi connectivity index (χ0n) is 13.3. The van der Waals surface area contributed by atoms with Crippen molar-refractivity contribution in [3.8, 4) is 5.75 Å². The molecule has 1 amide bonds. The van der Waals surface area contributed by atoms with Crippen LogP contribution in [0.25, 0.3) is 0 Å². The molecule has 0 atom stereocenters. The third-order valence-electron chi connectivity index (χ3n) is 3.54. The number of carbonyl (C=O) groups excluding carboxylic acids is 1. The van der Waals surface area contributed by atoms with Crippen LogP contribution in [0.2, 0.25) is 0 Å². The average molecular weight is 297 g/mol. The van der Waals surface area contributed by atoms with E-state index in [9.17, 15) is 4.79 Å². The largest absolute Gasteiger partial charge is 0.491 e. The molecule has 22 heavy (non-hydrogen) atoms. The Morgan fingerprint density at radius 3 is 2.50 bits per heavy atom. The maximum Gasteiger partial charge on any atom is 0.220 e. The molecule has 0 bridgehead atoms. The molecule has 0 unspecified atom stereocenters. The lowest BCUT2D eigenvalue weighted by Crippen LogP contribution is -2.28. The lowest BCUT2D eigenvalue weighted by Gasteiger charge is -2.09. The van der Waals surface area contributed by atoms with Crippen LogP contribution in [0, 0.1) is 13.8 Å². The van der Waals surface area contributed by atoms with Gasteiger partial charge < -0.3 is 10.1 Å². The minimum Gasteiger partial charge on any atom is -0.491 e. The van der Waals surface area contributed by atoms with E-state index in [1.165, 1.54) is 11.1 Å². The summed E-state index contributed by atoms with van der Waals surface area (Å²) in [5, 5.41) is 2.89. The second kappa shape index (κ2) is 8.23. The van der Waals surface area contributed by atoms with Crippen molar-refractivity contribution >= 4 is 5.91 Å². The first-order valence-corrected chi connectivity index (χ1v) is 7.66. The van der Waals surface area contributed by atoms with Gasteiger partial charge in [-0.05, 0) is 37.5 Å². The molecule has 0 aliphatic rings. The van der Waals surface area contributed by atoms with Gasteiger partial charge in [-0.3, -0.25) is 4.79 Å². The number of nitrogens with one attached hydrogen (secondary N) is 1. The Bertz CT molecular complexity index is 605. The standard InChI is InChI=1S/C19H23NO2/c1-15-7-9-17(10-8-15)11-12-19(21)20-13-14-22-18-6-4-3-5-16(18)2/h3-10H,11-14H2,1-2H3,(H,20,21). The van der Waals surface area contributed by atoms with E-state index >= 15 is 0 Å². The van der Waals surface area contributed by atoms with E-state index in [0.717, 1.165) is 17.7 Å². The van der Waals surface area contributed by atoms with Gasteiger partial charge >= 0.3 is 0 Å². The first-order valence-electron chi connectivity index (χ1n) is 7.66. The minimum atomic E-state index is 0.0639. The third kappa shape index (κ3) is 5.24. The van der Waals surface area contributed by atoms with E-state index in [4.69, 9.17) is 4.74 Å². The first kappa shape index (κ1) is 16.1. The molecule has 1 N–H and O–H groups in total. The maximum absolute atomic E-state index is 11.8. The Morgan fingerprint density at radius 2 is 1.77 bits per heavy atom. The van der Waals surface area contributed by atoms with Crippen molar-refractivity contribution in [3.63, 3.8) is 0 Å². The monoisotopic (exact) mass is 297 g/mol. The van der Waals surface area contributed by atoms with E-state index < -0.39 is 0 Å². The van der Waals surface area contributed by atoms with E-state index in [0.29, 0.717) is 19.6 Å². The smallest absolute Gasteiger partial charge is 0.220 e. The summed E-state index contributed by atoms with van der Waals surface area (Å²) >= 11 is 0. The summed E-state index contributed by atoms with van der Waals surface area (Å²) < 4.78 is 5.65. The summed E-state index contributed by atoms with van der Waals surface area (Å²) in [6.07, 6.45) is 1.28. The summed E-state index contributed by atoms with van der Waals surface area (Å²) in [5.41, 5.74) is 3.53. The topological polar surface area (TPSA) is 38.3 Å². The molecular weight excluding hydrogens is 274 g/mol. The molecule has 0 aliphatic heterocycles. The predicted molar refractivity (Wildman–Crippen MR) is 89.2 cm³/mol. The fraction of sp³-hybridized carbons (Fsp3) is 0.316. The lowest BCUT2D eigenvalue weighted by atomic mass is 10.1. The summed E-state index contributed by atoms with van der Waals surface area (Å²) in [4.78, 5) is 11.8. The molecule has 0 aliphatic carbocycles. The molecule has 2 aromatic carbocycles. The highest BCUT2D eigenvalue weighted by atomic mass is 16.5. The number of ether oxygens (including phenoxy) is 1. The van der Waals surface area contributed by atoms with Crippen molar-refractivity contribution in [3.05, 3.63) is 65.2 Å². The highest BCUT2D eigenvalue weighted by Gasteiger charge is 2.02. The number of rotatable bonds is 7. The maximum atomic E-state index is 11.8. The molecule has 3 heteroatoms. The van der Waals surface area contributed by atoms with Crippen LogP contribution >= 0.6 is 0 Å². The SMILES string of the molecule is Cc1ccc(CCC(=O)NCCOc2ccccc2C)cc1. The van der Waals surface area contributed by atoms with Crippen molar-refractivity contribution in [1.29, 1.82) is 0 Å². The summed E-state index contributed by atoms with van der Waals surface area (Å²) in [6.45, 7) is 5.09. The Morgan fingerprint density at radius 1 is 1.05 bits per heavy atom. The molecular formula is C19H23NO2. The van der Waals surface area contributed by atoms with Crippen LogP contribution in [0.15, 0.2) is 48.5 Å². The van der Waals surface area contributed by atoms with Gasteiger partial charge in [-0.25, -0.2) is 0 Å². The molecule has 2 rings (SSSR count). The van der Waals surface area contributed by atoms with Crippen molar-refractivity contribution in [2.45, 2.75) is 26.7 Å². The number of aryl methyl sites for hydroxylation is 3. The van der Waals surface area contributed by atoms with Gasteiger partial charge in [-0.2, -0.15) is 0 Å². The number of carbonyl (C=O) groups is 1. The van der Waals surface area contributed by atoms with E-state index in [1.807, 2.05) is 31.2 Å². The molecule has 0 radical (unpaired) electrons. The van der Waals surface area contributed by atoms with Gasteiger partial charge in [0.1, 0.15) is 12.4 Å².